The first-order valence-electron chi connectivity index (χ1n) is 5.05. The molecule has 0 atom stereocenters. The van der Waals surface area contributed by atoms with Gasteiger partial charge in [-0.05, 0) is 23.6 Å². The van der Waals surface area contributed by atoms with Gasteiger partial charge >= 0.3 is 0 Å². The Morgan fingerprint density at radius 3 is 2.53 bits per heavy atom. The van der Waals surface area contributed by atoms with Crippen molar-refractivity contribution in [2.75, 3.05) is 5.43 Å². The highest BCUT2D eigenvalue weighted by Gasteiger charge is 2.05. The van der Waals surface area contributed by atoms with Gasteiger partial charge in [-0.1, -0.05) is 19.9 Å². The van der Waals surface area contributed by atoms with Crippen LogP contribution in [0.3, 0.4) is 0 Å². The van der Waals surface area contributed by atoms with Crippen LogP contribution in [0.15, 0.2) is 23.3 Å². The molecular weight excluding hydrogens is 216 g/mol. The Morgan fingerprint density at radius 1 is 1.35 bits per heavy atom. The Balaban J connectivity index is 3.00. The maximum Gasteiger partial charge on any atom is 0.237 e. The second-order valence-electron chi connectivity index (χ2n) is 3.73. The summed E-state index contributed by atoms with van der Waals surface area (Å²) in [4.78, 5) is 0. The van der Waals surface area contributed by atoms with Gasteiger partial charge in [-0.15, -0.1) is 0 Å². The zero-order valence-electron chi connectivity index (χ0n) is 9.60. The second kappa shape index (κ2) is 5.53. The van der Waals surface area contributed by atoms with E-state index in [2.05, 4.69) is 10.5 Å². The summed E-state index contributed by atoms with van der Waals surface area (Å²) in [6.45, 7) is 4.05. The van der Waals surface area contributed by atoms with Crippen molar-refractivity contribution in [3.63, 3.8) is 0 Å². The van der Waals surface area contributed by atoms with Crippen molar-refractivity contribution < 1.29 is 5.11 Å². The van der Waals surface area contributed by atoms with Crippen LogP contribution in [0, 0.1) is 22.7 Å². The van der Waals surface area contributed by atoms with E-state index in [-0.39, 0.29) is 11.5 Å². The third kappa shape index (κ3) is 3.22. The first-order chi connectivity index (χ1) is 8.08. The number of phenolic OH excluding ortho intramolecular Hbond substituents is 1. The predicted molar refractivity (Wildman–Crippen MR) is 64.5 cm³/mol. The lowest BCUT2D eigenvalue weighted by Gasteiger charge is -2.09. The average Bonchev–Trinajstić information content (AvgIpc) is 2.32. The summed E-state index contributed by atoms with van der Waals surface area (Å²) in [5.74, 6) is 0.333. The predicted octanol–water partition coefficient (Wildman–Crippen LogP) is 2.33. The number of nitriles is 2. The van der Waals surface area contributed by atoms with Crippen molar-refractivity contribution in [2.45, 2.75) is 19.8 Å². The summed E-state index contributed by atoms with van der Waals surface area (Å²) in [6, 6.07) is 8.34. The van der Waals surface area contributed by atoms with Crippen molar-refractivity contribution in [2.24, 2.45) is 5.10 Å². The fourth-order valence-corrected chi connectivity index (χ4v) is 1.19. The van der Waals surface area contributed by atoms with Gasteiger partial charge in [-0.25, -0.2) is 0 Å². The standard InChI is InChI=1S/C12H12N4O/c1-8(2)9-3-4-12(17)11(5-9)16-15-10(6-13)7-14/h3-5,8,16-17H,1-2H3. The maximum atomic E-state index is 9.58. The van der Waals surface area contributed by atoms with Gasteiger partial charge in [-0.3, -0.25) is 5.43 Å². The van der Waals surface area contributed by atoms with Gasteiger partial charge in [0.15, 0.2) is 0 Å². The van der Waals surface area contributed by atoms with E-state index in [4.69, 9.17) is 10.5 Å². The third-order valence-electron chi connectivity index (χ3n) is 2.19. The molecule has 0 saturated heterocycles. The molecule has 0 heterocycles. The molecular formula is C12H12N4O. The molecule has 0 unspecified atom stereocenters. The van der Waals surface area contributed by atoms with Gasteiger partial charge < -0.3 is 5.11 Å². The molecule has 0 spiro atoms. The van der Waals surface area contributed by atoms with Crippen LogP contribution in [-0.2, 0) is 0 Å². The molecule has 1 aromatic carbocycles. The highest BCUT2D eigenvalue weighted by atomic mass is 16.3. The molecule has 0 aliphatic heterocycles. The molecule has 1 rings (SSSR count). The normalized spacial score (nSPS) is 9.24. The Kier molecular flexibility index (Phi) is 4.08. The van der Waals surface area contributed by atoms with E-state index in [9.17, 15) is 5.11 Å². The van der Waals surface area contributed by atoms with Crippen LogP contribution in [0.1, 0.15) is 25.3 Å². The number of benzene rings is 1. The highest BCUT2D eigenvalue weighted by Crippen LogP contribution is 2.27. The van der Waals surface area contributed by atoms with Crippen molar-refractivity contribution >= 4 is 11.4 Å². The lowest BCUT2D eigenvalue weighted by atomic mass is 10.0. The smallest absolute Gasteiger partial charge is 0.237 e. The molecule has 0 aliphatic rings. The molecule has 17 heavy (non-hydrogen) atoms. The van der Waals surface area contributed by atoms with Crippen molar-refractivity contribution in [3.8, 4) is 17.9 Å². The highest BCUT2D eigenvalue weighted by molar-refractivity contribution is 6.10. The molecule has 0 saturated carbocycles. The van der Waals surface area contributed by atoms with E-state index in [1.807, 2.05) is 19.9 Å². The zero-order chi connectivity index (χ0) is 12.8. The minimum absolute atomic E-state index is 0.0216. The molecule has 2 N–H and O–H groups in total. The fourth-order valence-electron chi connectivity index (χ4n) is 1.19. The zero-order valence-corrected chi connectivity index (χ0v) is 9.60. The van der Waals surface area contributed by atoms with Crippen LogP contribution >= 0.6 is 0 Å². The van der Waals surface area contributed by atoms with E-state index < -0.39 is 0 Å². The average molecular weight is 228 g/mol. The van der Waals surface area contributed by atoms with Gasteiger partial charge in [-0.2, -0.15) is 15.6 Å². The number of rotatable bonds is 3. The molecule has 5 nitrogen and oxygen atoms in total. The molecule has 1 aromatic rings. The first-order valence-corrected chi connectivity index (χ1v) is 5.05. The summed E-state index contributed by atoms with van der Waals surface area (Å²) in [5, 5.41) is 30.2. The molecule has 0 fully saturated rings. The molecule has 86 valence electrons. The lowest BCUT2D eigenvalue weighted by Crippen LogP contribution is -1.98. The van der Waals surface area contributed by atoms with Gasteiger partial charge in [0.1, 0.15) is 17.9 Å². The lowest BCUT2D eigenvalue weighted by molar-refractivity contribution is 0.477. The molecule has 0 aliphatic carbocycles. The summed E-state index contributed by atoms with van der Waals surface area (Å²) in [6.07, 6.45) is 0. The number of hydrogen-bond acceptors (Lipinski definition) is 5. The minimum Gasteiger partial charge on any atom is -0.506 e. The fraction of sp³-hybridized carbons (Fsp3) is 0.250. The quantitative estimate of drug-likeness (QED) is 0.471. The molecule has 0 amide bonds. The van der Waals surface area contributed by atoms with Crippen LogP contribution in [-0.4, -0.2) is 10.8 Å². The summed E-state index contributed by atoms with van der Waals surface area (Å²) in [7, 11) is 0. The second-order valence-corrected chi connectivity index (χ2v) is 3.73. The number of hydrazone groups is 1. The Labute approximate surface area is 99.6 Å². The molecule has 0 bridgehead atoms. The van der Waals surface area contributed by atoms with E-state index in [1.54, 1.807) is 24.3 Å². The van der Waals surface area contributed by atoms with Crippen molar-refractivity contribution in [3.05, 3.63) is 23.8 Å². The van der Waals surface area contributed by atoms with Crippen molar-refractivity contribution in [1.29, 1.82) is 10.5 Å². The number of anilines is 1. The van der Waals surface area contributed by atoms with E-state index in [0.717, 1.165) is 5.56 Å². The van der Waals surface area contributed by atoms with E-state index >= 15 is 0 Å². The number of phenols is 1. The maximum absolute atomic E-state index is 9.58. The monoisotopic (exact) mass is 228 g/mol. The number of nitrogens with zero attached hydrogens (tertiary/aromatic N) is 3. The molecule has 0 radical (unpaired) electrons. The summed E-state index contributed by atoms with van der Waals surface area (Å²) >= 11 is 0. The number of nitrogens with one attached hydrogen (secondary N) is 1. The molecule has 0 aromatic heterocycles. The SMILES string of the molecule is CC(C)c1ccc(O)c(NN=C(C#N)C#N)c1. The van der Waals surface area contributed by atoms with E-state index in [1.165, 1.54) is 0 Å². The number of hydrogen-bond donors (Lipinski definition) is 2. The summed E-state index contributed by atoms with van der Waals surface area (Å²) in [5.41, 5.74) is 3.61. The van der Waals surface area contributed by atoms with Crippen LogP contribution in [0.25, 0.3) is 0 Å². The molecule has 5 heteroatoms. The minimum atomic E-state index is -0.292. The van der Waals surface area contributed by atoms with Gasteiger partial charge in [0, 0.05) is 0 Å². The Hall–Kier alpha value is -2.53. The third-order valence-corrected chi connectivity index (χ3v) is 2.19. The van der Waals surface area contributed by atoms with E-state index in [0.29, 0.717) is 11.6 Å². The Morgan fingerprint density at radius 2 is 2.00 bits per heavy atom. The topological polar surface area (TPSA) is 92.2 Å². The van der Waals surface area contributed by atoms with Crippen LogP contribution in [0.2, 0.25) is 0 Å². The summed E-state index contributed by atoms with van der Waals surface area (Å²) < 4.78 is 0. The van der Waals surface area contributed by atoms with Crippen molar-refractivity contribution in [1.82, 2.24) is 0 Å². The first kappa shape index (κ1) is 12.5. The van der Waals surface area contributed by atoms with Gasteiger partial charge in [0.05, 0.1) is 5.69 Å². The van der Waals surface area contributed by atoms with Gasteiger partial charge in [0.25, 0.3) is 0 Å². The van der Waals surface area contributed by atoms with Crippen LogP contribution in [0.4, 0.5) is 5.69 Å². The number of aromatic hydroxyl groups is 1. The van der Waals surface area contributed by atoms with Crippen LogP contribution < -0.4 is 5.43 Å². The Bertz CT molecular complexity index is 504. The van der Waals surface area contributed by atoms with Crippen LogP contribution in [0.5, 0.6) is 5.75 Å². The van der Waals surface area contributed by atoms with Gasteiger partial charge in [0.2, 0.25) is 5.71 Å². The largest absolute Gasteiger partial charge is 0.506 e.